The molecule has 12 rings (SSSR count). The van der Waals surface area contributed by atoms with Crippen LogP contribution in [0.15, 0.2) is 175 Å². The number of fused-ring (bicyclic) bond motifs is 11. The summed E-state index contributed by atoms with van der Waals surface area (Å²) in [4.78, 5) is 19.5. The molecule has 53 heavy (non-hydrogen) atoms. The summed E-state index contributed by atoms with van der Waals surface area (Å²) in [7, 11) is 0. The van der Waals surface area contributed by atoms with Crippen LogP contribution in [-0.4, -0.2) is 18.5 Å². The molecule has 0 radical (unpaired) electrons. The van der Waals surface area contributed by atoms with Crippen molar-refractivity contribution < 1.29 is 0 Å². The van der Waals surface area contributed by atoms with Crippen LogP contribution < -0.4 is 5.56 Å². The normalized spacial score (nSPS) is 12.2. The minimum atomic E-state index is -0.0983. The lowest BCUT2D eigenvalue weighted by Gasteiger charge is -2.11. The molecule has 5 heteroatoms. The van der Waals surface area contributed by atoms with E-state index in [0.29, 0.717) is 5.52 Å². The highest BCUT2D eigenvalue weighted by Gasteiger charge is 2.20. The fourth-order valence-electron chi connectivity index (χ4n) is 8.91. The van der Waals surface area contributed by atoms with Crippen molar-refractivity contribution in [2.45, 2.75) is 0 Å². The molecule has 0 spiro atoms. The molecule has 0 saturated heterocycles. The monoisotopic (exact) mass is 676 g/mol. The molecule has 0 unspecified atom stereocenters. The van der Waals surface area contributed by atoms with Gasteiger partial charge in [-0.1, -0.05) is 103 Å². The molecule has 0 atom stereocenters. The average molecular weight is 677 g/mol. The predicted molar refractivity (Wildman–Crippen MR) is 219 cm³/mol. The van der Waals surface area contributed by atoms with E-state index in [1.54, 1.807) is 0 Å². The van der Waals surface area contributed by atoms with E-state index >= 15 is 0 Å². The van der Waals surface area contributed by atoms with Gasteiger partial charge in [-0.3, -0.25) is 13.8 Å². The molecule has 5 heterocycles. The van der Waals surface area contributed by atoms with Gasteiger partial charge in [0, 0.05) is 48.8 Å². The Kier molecular flexibility index (Phi) is 5.59. The summed E-state index contributed by atoms with van der Waals surface area (Å²) in [5.74, 6) is 0.721. The van der Waals surface area contributed by atoms with Crippen molar-refractivity contribution in [1.29, 1.82) is 0 Å². The third kappa shape index (κ3) is 3.80. The quantitative estimate of drug-likeness (QED) is 0.175. The van der Waals surface area contributed by atoms with Crippen molar-refractivity contribution in [3.05, 3.63) is 180 Å². The number of hydrogen-bond donors (Lipinski definition) is 0. The average Bonchev–Trinajstić information content (AvgIpc) is 3.86. The number of hydrogen-bond acceptors (Lipinski definition) is 2. The molecule has 0 N–H and O–H groups in total. The van der Waals surface area contributed by atoms with Gasteiger partial charge in [-0.15, -0.1) is 0 Å². The molecule has 0 aliphatic heterocycles. The second kappa shape index (κ2) is 10.4. The second-order valence-electron chi connectivity index (χ2n) is 13.9. The lowest BCUT2D eigenvalue weighted by Crippen LogP contribution is -2.15. The Balaban J connectivity index is 1.07. The fourth-order valence-corrected chi connectivity index (χ4v) is 8.91. The molecule has 0 saturated carbocycles. The van der Waals surface area contributed by atoms with Crippen molar-refractivity contribution >= 4 is 81.7 Å². The van der Waals surface area contributed by atoms with Gasteiger partial charge in [0.2, 0.25) is 0 Å². The van der Waals surface area contributed by atoms with Gasteiger partial charge in [0.05, 0.1) is 33.1 Å². The lowest BCUT2D eigenvalue weighted by atomic mass is 10.0. The number of benzene rings is 7. The molecule has 5 aromatic heterocycles. The van der Waals surface area contributed by atoms with E-state index in [1.165, 1.54) is 21.8 Å². The molecule has 7 aromatic carbocycles. The number of nitrogens with zero attached hydrogens (tertiary/aromatic N) is 4. The Labute approximate surface area is 302 Å². The van der Waals surface area contributed by atoms with Gasteiger partial charge >= 0.3 is 0 Å². The third-order valence-corrected chi connectivity index (χ3v) is 11.2. The highest BCUT2D eigenvalue weighted by atomic mass is 16.1. The number of aromatic nitrogens is 4. The summed E-state index contributed by atoms with van der Waals surface area (Å²) in [5, 5.41) is 8.79. The summed E-state index contributed by atoms with van der Waals surface area (Å²) < 4.78 is 6.40. The molecule has 5 nitrogen and oxygen atoms in total. The molecule has 246 valence electrons. The Morgan fingerprint density at radius 2 is 0.887 bits per heavy atom. The van der Waals surface area contributed by atoms with Crippen molar-refractivity contribution in [2.24, 2.45) is 0 Å². The topological polar surface area (TPSA) is 44.2 Å². The minimum Gasteiger partial charge on any atom is -0.309 e. The van der Waals surface area contributed by atoms with Crippen molar-refractivity contribution in [3.8, 4) is 22.6 Å². The summed E-state index contributed by atoms with van der Waals surface area (Å²) >= 11 is 0. The summed E-state index contributed by atoms with van der Waals surface area (Å²) in [5.41, 5.74) is 10.2. The van der Waals surface area contributed by atoms with E-state index < -0.39 is 0 Å². The molecule has 0 aliphatic carbocycles. The minimum absolute atomic E-state index is 0.0983. The van der Waals surface area contributed by atoms with E-state index in [1.807, 2.05) is 22.6 Å². The highest BCUT2D eigenvalue weighted by Crippen LogP contribution is 2.39. The van der Waals surface area contributed by atoms with Crippen molar-refractivity contribution in [1.82, 2.24) is 18.5 Å². The first-order chi connectivity index (χ1) is 26.2. The maximum absolute atomic E-state index is 14.4. The van der Waals surface area contributed by atoms with Gasteiger partial charge < -0.3 is 4.57 Å². The van der Waals surface area contributed by atoms with Crippen LogP contribution in [0.3, 0.4) is 0 Å². The Hall–Kier alpha value is -7.24. The molecule has 0 amide bonds. The predicted octanol–water partition coefficient (Wildman–Crippen LogP) is 11.5. The van der Waals surface area contributed by atoms with Crippen LogP contribution in [0.1, 0.15) is 0 Å². The summed E-state index contributed by atoms with van der Waals surface area (Å²) in [6.07, 6.45) is 0. The highest BCUT2D eigenvalue weighted by molar-refractivity contribution is 6.20. The molecular formula is C48H28N4O. The van der Waals surface area contributed by atoms with E-state index in [-0.39, 0.29) is 5.56 Å². The first-order valence-corrected chi connectivity index (χ1v) is 17.9. The van der Waals surface area contributed by atoms with Crippen LogP contribution in [0, 0.1) is 0 Å². The van der Waals surface area contributed by atoms with Crippen LogP contribution in [0.5, 0.6) is 0 Å². The van der Waals surface area contributed by atoms with Crippen LogP contribution in [0.25, 0.3) is 104 Å². The van der Waals surface area contributed by atoms with Crippen LogP contribution >= 0.6 is 0 Å². The van der Waals surface area contributed by atoms with Crippen molar-refractivity contribution in [3.63, 3.8) is 0 Å². The van der Waals surface area contributed by atoms with E-state index in [9.17, 15) is 4.79 Å². The third-order valence-electron chi connectivity index (χ3n) is 11.2. The molecule has 0 fully saturated rings. The second-order valence-corrected chi connectivity index (χ2v) is 13.9. The zero-order valence-electron chi connectivity index (χ0n) is 28.4. The zero-order chi connectivity index (χ0) is 34.8. The van der Waals surface area contributed by atoms with Gasteiger partial charge in [0.25, 0.3) is 5.56 Å². The Bertz CT molecular complexity index is 3530. The van der Waals surface area contributed by atoms with Crippen molar-refractivity contribution in [2.75, 3.05) is 0 Å². The summed E-state index contributed by atoms with van der Waals surface area (Å²) in [6, 6.07) is 59.7. The number of pyridine rings is 2. The van der Waals surface area contributed by atoms with E-state index in [4.69, 9.17) is 4.98 Å². The largest absolute Gasteiger partial charge is 0.309 e. The Morgan fingerprint density at radius 1 is 0.377 bits per heavy atom. The Morgan fingerprint density at radius 3 is 1.57 bits per heavy atom. The smallest absolute Gasteiger partial charge is 0.282 e. The summed E-state index contributed by atoms with van der Waals surface area (Å²) in [6.45, 7) is 0. The molecule has 0 bridgehead atoms. The molecule has 12 aromatic rings. The lowest BCUT2D eigenvalue weighted by molar-refractivity contribution is 1.09. The SMILES string of the molecule is O=c1c2nc(-n3c4ccccc4c4cc(-c5ccc6c(c5)c5ccccc5n6-c5ccccc5)ccc43)ccc2c2cccc3c4ccccc4n1c23. The first-order valence-electron chi connectivity index (χ1n) is 17.9. The fraction of sp³-hybridized carbons (Fsp3) is 0. The zero-order valence-corrected chi connectivity index (χ0v) is 28.4. The van der Waals surface area contributed by atoms with Gasteiger partial charge in [-0.2, -0.15) is 0 Å². The van der Waals surface area contributed by atoms with Gasteiger partial charge in [0.1, 0.15) is 11.3 Å². The molecule has 0 aliphatic rings. The van der Waals surface area contributed by atoms with E-state index in [2.05, 4.69) is 161 Å². The van der Waals surface area contributed by atoms with Gasteiger partial charge in [-0.05, 0) is 77.9 Å². The molecular weight excluding hydrogens is 649 g/mol. The van der Waals surface area contributed by atoms with Crippen LogP contribution in [0.4, 0.5) is 0 Å². The number of rotatable bonds is 3. The maximum atomic E-state index is 14.4. The van der Waals surface area contributed by atoms with Gasteiger partial charge in [-0.25, -0.2) is 4.98 Å². The van der Waals surface area contributed by atoms with Crippen LogP contribution in [0.2, 0.25) is 0 Å². The number of para-hydroxylation sites is 5. The van der Waals surface area contributed by atoms with Gasteiger partial charge in [0.15, 0.2) is 0 Å². The maximum Gasteiger partial charge on any atom is 0.282 e. The standard InChI is InChI=1S/C48H28N4O/c53-48-46-35(37-17-10-16-36-32-13-4-9-20-42(32)52(48)47(36)37)23-26-45(49-46)51-41-19-8-6-15-34(41)39-28-30(22-25-44(39)51)29-21-24-43-38(27-29)33-14-5-7-18-40(33)50(43)31-11-2-1-3-12-31/h1-28H. The van der Waals surface area contributed by atoms with Crippen LogP contribution in [-0.2, 0) is 0 Å². The van der Waals surface area contributed by atoms with E-state index in [0.717, 1.165) is 77.0 Å². The first kappa shape index (κ1) is 28.5.